The number of aryl methyl sites for hydroxylation is 1. The maximum absolute atomic E-state index is 13.3. The van der Waals surface area contributed by atoms with E-state index < -0.39 is 17.9 Å². The highest BCUT2D eigenvalue weighted by atomic mass is 16.5. The molecular formula is C22H30N6O3. The number of rotatable bonds is 4. The summed E-state index contributed by atoms with van der Waals surface area (Å²) < 4.78 is 2.13. The summed E-state index contributed by atoms with van der Waals surface area (Å²) in [7, 11) is 0. The van der Waals surface area contributed by atoms with Crippen molar-refractivity contribution < 1.29 is 14.8 Å². The number of hydrogen-bond acceptors (Lipinski definition) is 6. The van der Waals surface area contributed by atoms with E-state index in [1.165, 1.54) is 0 Å². The molecule has 2 aromatic rings. The fraction of sp³-hybridized carbons (Fsp3) is 0.591. The summed E-state index contributed by atoms with van der Waals surface area (Å²) in [5, 5.41) is 12.5. The molecule has 2 unspecified atom stereocenters. The maximum atomic E-state index is 13.3. The van der Waals surface area contributed by atoms with Crippen molar-refractivity contribution in [2.75, 3.05) is 37.6 Å². The van der Waals surface area contributed by atoms with Gasteiger partial charge in [0.15, 0.2) is 0 Å². The minimum atomic E-state index is -0.569. The Morgan fingerprint density at radius 3 is 2.71 bits per heavy atom. The maximum Gasteiger partial charge on any atom is 0.248 e. The molecule has 1 aliphatic carbocycles. The normalized spacial score (nSPS) is 25.1. The van der Waals surface area contributed by atoms with Crippen LogP contribution in [-0.2, 0) is 16.1 Å². The van der Waals surface area contributed by atoms with Crippen molar-refractivity contribution >= 4 is 28.5 Å². The number of hydroxylamine groups is 1. The summed E-state index contributed by atoms with van der Waals surface area (Å²) in [4.78, 5) is 34.1. The monoisotopic (exact) mass is 426 g/mol. The van der Waals surface area contributed by atoms with E-state index in [4.69, 9.17) is 0 Å². The van der Waals surface area contributed by atoms with E-state index in [-0.39, 0.29) is 11.3 Å². The molecular weight excluding hydrogens is 396 g/mol. The first-order valence-electron chi connectivity index (χ1n) is 11.2. The number of benzene rings is 1. The van der Waals surface area contributed by atoms with Crippen molar-refractivity contribution in [1.82, 2.24) is 25.2 Å². The van der Waals surface area contributed by atoms with Crippen LogP contribution in [0.4, 0.5) is 5.69 Å². The van der Waals surface area contributed by atoms with Crippen molar-refractivity contribution in [3.63, 3.8) is 0 Å². The quantitative estimate of drug-likeness (QED) is 0.497. The number of piperidine rings is 1. The lowest BCUT2D eigenvalue weighted by Gasteiger charge is -2.41. The van der Waals surface area contributed by atoms with Crippen molar-refractivity contribution in [1.29, 1.82) is 0 Å². The highest BCUT2D eigenvalue weighted by molar-refractivity contribution is 5.90. The van der Waals surface area contributed by atoms with Crippen molar-refractivity contribution in [3.05, 3.63) is 24.5 Å². The van der Waals surface area contributed by atoms with Gasteiger partial charge >= 0.3 is 0 Å². The van der Waals surface area contributed by atoms with E-state index in [9.17, 15) is 14.8 Å². The predicted octanol–water partition coefficient (Wildman–Crippen LogP) is 0.969. The molecule has 1 aromatic heterocycles. The van der Waals surface area contributed by atoms with E-state index in [0.717, 1.165) is 55.7 Å². The number of amides is 2. The lowest BCUT2D eigenvalue weighted by Crippen LogP contribution is -2.61. The van der Waals surface area contributed by atoms with E-state index in [2.05, 4.69) is 38.8 Å². The van der Waals surface area contributed by atoms with Gasteiger partial charge in [0, 0.05) is 45.0 Å². The Bertz CT molecular complexity index is 992. The highest BCUT2D eigenvalue weighted by Gasteiger charge is 2.52. The first-order valence-corrected chi connectivity index (χ1v) is 11.2. The minimum absolute atomic E-state index is 0.0386. The van der Waals surface area contributed by atoms with E-state index >= 15 is 0 Å². The molecule has 3 heterocycles. The molecule has 0 bridgehead atoms. The molecule has 9 nitrogen and oxygen atoms in total. The van der Waals surface area contributed by atoms with Gasteiger partial charge in [-0.25, -0.2) is 10.5 Å². The molecule has 2 atom stereocenters. The van der Waals surface area contributed by atoms with Crippen LogP contribution in [0.2, 0.25) is 0 Å². The van der Waals surface area contributed by atoms with Crippen LogP contribution < -0.4 is 15.7 Å². The molecule has 9 heteroatoms. The number of piperazine rings is 1. The van der Waals surface area contributed by atoms with Crippen LogP contribution in [0.5, 0.6) is 0 Å². The molecule has 2 amide bonds. The van der Waals surface area contributed by atoms with Crippen LogP contribution in [0.3, 0.4) is 0 Å². The van der Waals surface area contributed by atoms with Gasteiger partial charge in [0.05, 0.1) is 29.3 Å². The topological polar surface area (TPSA) is 103 Å². The van der Waals surface area contributed by atoms with Crippen LogP contribution in [0, 0.1) is 11.3 Å². The number of anilines is 1. The van der Waals surface area contributed by atoms with Crippen LogP contribution in [0.1, 0.15) is 26.2 Å². The SMILES string of the molecule is CCn1cnc2ccc(N3CCN(C(=O)C4NCC5(CC5)CC4C(=O)NO)CC3)cc21. The molecule has 3 N–H and O–H groups in total. The molecule has 2 aliphatic heterocycles. The van der Waals surface area contributed by atoms with Crippen molar-refractivity contribution in [2.24, 2.45) is 11.3 Å². The van der Waals surface area contributed by atoms with Crippen molar-refractivity contribution in [3.8, 4) is 0 Å². The number of carbonyl (C=O) groups is 2. The Balaban J connectivity index is 1.25. The summed E-state index contributed by atoms with van der Waals surface area (Å²) in [6.45, 7) is 6.45. The summed E-state index contributed by atoms with van der Waals surface area (Å²) in [6.07, 6.45) is 4.69. The van der Waals surface area contributed by atoms with E-state index in [0.29, 0.717) is 19.5 Å². The van der Waals surface area contributed by atoms with E-state index in [1.807, 2.05) is 17.3 Å². The second-order valence-electron chi connectivity index (χ2n) is 9.16. The van der Waals surface area contributed by atoms with Gasteiger partial charge in [-0.05, 0) is 49.8 Å². The van der Waals surface area contributed by atoms with Gasteiger partial charge in [-0.3, -0.25) is 14.8 Å². The Labute approximate surface area is 181 Å². The summed E-state index contributed by atoms with van der Waals surface area (Å²) in [5.41, 5.74) is 5.16. The smallest absolute Gasteiger partial charge is 0.248 e. The number of imidazole rings is 1. The number of fused-ring (bicyclic) bond motifs is 1. The summed E-state index contributed by atoms with van der Waals surface area (Å²) >= 11 is 0. The number of hydrogen-bond donors (Lipinski definition) is 3. The van der Waals surface area contributed by atoms with Gasteiger partial charge in [0.2, 0.25) is 11.8 Å². The molecule has 31 heavy (non-hydrogen) atoms. The average Bonchev–Trinajstić information content (AvgIpc) is 3.43. The van der Waals surface area contributed by atoms with Gasteiger partial charge in [-0.1, -0.05) is 0 Å². The number of nitrogens with one attached hydrogen (secondary N) is 2. The summed E-state index contributed by atoms with van der Waals surface area (Å²) in [6, 6.07) is 5.74. The number of carbonyl (C=O) groups excluding carboxylic acids is 2. The third-order valence-corrected chi connectivity index (χ3v) is 7.32. The summed E-state index contributed by atoms with van der Waals surface area (Å²) in [5.74, 6) is -1.02. The Kier molecular flexibility index (Phi) is 5.10. The molecule has 1 saturated carbocycles. The fourth-order valence-corrected chi connectivity index (χ4v) is 5.14. The second kappa shape index (κ2) is 7.80. The zero-order chi connectivity index (χ0) is 21.6. The van der Waals surface area contributed by atoms with Crippen molar-refractivity contribution in [2.45, 2.75) is 38.8 Å². The average molecular weight is 427 g/mol. The number of nitrogens with zero attached hydrogens (tertiary/aromatic N) is 4. The van der Waals surface area contributed by atoms with Crippen LogP contribution in [-0.4, -0.2) is 70.2 Å². The Morgan fingerprint density at radius 1 is 1.26 bits per heavy atom. The molecule has 5 rings (SSSR count). The van der Waals surface area contributed by atoms with Gasteiger partial charge < -0.3 is 19.7 Å². The molecule has 1 spiro atoms. The Hall–Kier alpha value is -2.65. The minimum Gasteiger partial charge on any atom is -0.368 e. The molecule has 166 valence electrons. The molecule has 2 saturated heterocycles. The van der Waals surface area contributed by atoms with Gasteiger partial charge in [-0.15, -0.1) is 0 Å². The Morgan fingerprint density at radius 2 is 2.03 bits per heavy atom. The van der Waals surface area contributed by atoms with Gasteiger partial charge in [0.1, 0.15) is 0 Å². The first-order chi connectivity index (χ1) is 15.0. The van der Waals surface area contributed by atoms with Gasteiger partial charge in [-0.2, -0.15) is 0 Å². The number of aromatic nitrogens is 2. The molecule has 3 fully saturated rings. The fourth-order valence-electron chi connectivity index (χ4n) is 5.14. The van der Waals surface area contributed by atoms with Gasteiger partial charge in [0.25, 0.3) is 0 Å². The largest absolute Gasteiger partial charge is 0.368 e. The molecule has 1 aromatic carbocycles. The third kappa shape index (κ3) is 3.65. The van der Waals surface area contributed by atoms with Crippen LogP contribution >= 0.6 is 0 Å². The molecule has 3 aliphatic rings. The zero-order valence-corrected chi connectivity index (χ0v) is 17.9. The van der Waals surface area contributed by atoms with Crippen LogP contribution in [0.25, 0.3) is 11.0 Å². The van der Waals surface area contributed by atoms with E-state index in [1.54, 1.807) is 5.48 Å². The van der Waals surface area contributed by atoms with Crippen LogP contribution in [0.15, 0.2) is 24.5 Å². The standard InChI is InChI=1S/C22H30N6O3/c1-2-26-14-24-17-4-3-15(11-18(17)26)27-7-9-28(10-8-27)21(30)19-16(20(29)25-31)12-22(5-6-22)13-23-19/h3-4,11,14,16,19,23,31H,2,5-10,12-13H2,1H3,(H,25,29). The predicted molar refractivity (Wildman–Crippen MR) is 116 cm³/mol. The lowest BCUT2D eigenvalue weighted by atomic mass is 9.81. The highest BCUT2D eigenvalue weighted by Crippen LogP contribution is 2.52. The second-order valence-corrected chi connectivity index (χ2v) is 9.16. The first kappa shape index (κ1) is 20.3. The third-order valence-electron chi connectivity index (χ3n) is 7.32. The lowest BCUT2D eigenvalue weighted by molar-refractivity contribution is -0.145. The zero-order valence-electron chi connectivity index (χ0n) is 17.9. The molecule has 0 radical (unpaired) electrons.